The molecule has 1 aliphatic heterocycles. The number of esters is 1. The van der Waals surface area contributed by atoms with Gasteiger partial charge in [0.05, 0.1) is 44.8 Å². The average Bonchev–Trinajstić information content (AvgIpc) is 3.43. The van der Waals surface area contributed by atoms with E-state index in [9.17, 15) is 19.5 Å². The smallest absolute Gasteiger partial charge is 0.339 e. The van der Waals surface area contributed by atoms with E-state index in [1.165, 1.54) is 18.2 Å². The molecule has 0 saturated heterocycles. The number of furan rings is 1. The zero-order chi connectivity index (χ0) is 26.0. The molecule has 1 aliphatic rings. The first-order valence-electron chi connectivity index (χ1n) is 10.9. The Balaban J connectivity index is 1.59. The first-order valence-corrected chi connectivity index (χ1v) is 11.7. The molecule has 36 heavy (non-hydrogen) atoms. The lowest BCUT2D eigenvalue weighted by atomic mass is 10.1. The highest BCUT2D eigenvalue weighted by Crippen LogP contribution is 2.31. The summed E-state index contributed by atoms with van der Waals surface area (Å²) < 4.78 is 11.1. The van der Waals surface area contributed by atoms with Gasteiger partial charge in [-0.2, -0.15) is 10.1 Å². The maximum atomic E-state index is 13.1. The van der Waals surface area contributed by atoms with Crippen molar-refractivity contribution in [3.63, 3.8) is 0 Å². The minimum atomic E-state index is -1.21. The van der Waals surface area contributed by atoms with Crippen molar-refractivity contribution < 1.29 is 28.6 Å². The Morgan fingerprint density at radius 1 is 1.08 bits per heavy atom. The van der Waals surface area contributed by atoms with Crippen molar-refractivity contribution >= 4 is 58.5 Å². The molecule has 1 amide bonds. The van der Waals surface area contributed by atoms with Gasteiger partial charge in [0.25, 0.3) is 5.91 Å². The molecule has 0 spiro atoms. The summed E-state index contributed by atoms with van der Waals surface area (Å²) in [5.74, 6) is -1.33. The number of carbonyl (C=O) groups is 3. The van der Waals surface area contributed by atoms with Crippen LogP contribution in [0.3, 0.4) is 0 Å². The second-order valence-electron chi connectivity index (χ2n) is 7.86. The van der Waals surface area contributed by atoms with Crippen LogP contribution in [-0.2, 0) is 9.53 Å². The first-order chi connectivity index (χ1) is 17.2. The van der Waals surface area contributed by atoms with Crippen LogP contribution in [0.15, 0.2) is 63.6 Å². The van der Waals surface area contributed by atoms with Crippen LogP contribution in [0.5, 0.6) is 0 Å². The number of halogens is 2. The average molecular weight is 527 g/mol. The highest BCUT2D eigenvalue weighted by atomic mass is 35.5. The lowest BCUT2D eigenvalue weighted by molar-refractivity contribution is -0.114. The number of aromatic carboxylic acids is 1. The minimum Gasteiger partial charge on any atom is -0.478 e. The summed E-state index contributed by atoms with van der Waals surface area (Å²) in [6, 6.07) is 12.5. The van der Waals surface area contributed by atoms with E-state index in [1.54, 1.807) is 43.3 Å². The predicted molar refractivity (Wildman–Crippen MR) is 137 cm³/mol. The van der Waals surface area contributed by atoms with E-state index < -0.39 is 17.8 Å². The fourth-order valence-corrected chi connectivity index (χ4v) is 3.90. The van der Waals surface area contributed by atoms with Crippen LogP contribution in [0.2, 0.25) is 10.0 Å². The molecule has 4 rings (SSSR count). The Labute approximate surface area is 216 Å². The number of carboxylic acid groups (broad SMARTS) is 1. The Hall–Kier alpha value is -3.88. The predicted octanol–water partition coefficient (Wildman–Crippen LogP) is 6.32. The van der Waals surface area contributed by atoms with E-state index in [1.807, 2.05) is 6.92 Å². The van der Waals surface area contributed by atoms with Crippen LogP contribution in [0, 0.1) is 0 Å². The quantitative estimate of drug-likeness (QED) is 0.284. The fraction of sp³-hybridized carbons (Fsp3) is 0.154. The van der Waals surface area contributed by atoms with E-state index in [4.69, 9.17) is 32.4 Å². The van der Waals surface area contributed by atoms with Gasteiger partial charge in [0, 0.05) is 5.56 Å². The molecule has 0 bridgehead atoms. The van der Waals surface area contributed by atoms with Gasteiger partial charge in [-0.25, -0.2) is 9.59 Å². The van der Waals surface area contributed by atoms with Crippen LogP contribution >= 0.6 is 23.2 Å². The highest BCUT2D eigenvalue weighted by Gasteiger charge is 2.30. The molecule has 0 aliphatic carbocycles. The Bertz CT molecular complexity index is 1440. The first kappa shape index (κ1) is 25.2. The second-order valence-corrected chi connectivity index (χ2v) is 8.68. The van der Waals surface area contributed by atoms with Gasteiger partial charge in [0.1, 0.15) is 11.5 Å². The van der Waals surface area contributed by atoms with Crippen molar-refractivity contribution in [2.45, 2.75) is 20.3 Å². The molecule has 1 aromatic heterocycles. The van der Waals surface area contributed by atoms with Gasteiger partial charge in [-0.15, -0.1) is 0 Å². The monoisotopic (exact) mass is 526 g/mol. The van der Waals surface area contributed by atoms with Crippen LogP contribution in [0.1, 0.15) is 46.7 Å². The Morgan fingerprint density at radius 3 is 2.53 bits per heavy atom. The number of hydrogen-bond acceptors (Lipinski definition) is 6. The van der Waals surface area contributed by atoms with Gasteiger partial charge in [0.2, 0.25) is 0 Å². The molecule has 0 radical (unpaired) electrons. The molecule has 0 fully saturated rings. The topological polar surface area (TPSA) is 109 Å². The summed E-state index contributed by atoms with van der Waals surface area (Å²) in [4.78, 5) is 36.8. The number of rotatable bonds is 7. The number of hydrazone groups is 1. The number of ether oxygens (including phenoxy) is 1. The SMILES string of the molecule is CCCOC(=O)c1cc(-c2ccc(/C=C3\C(=O)N(c4ccc(Cl)c(C(=O)O)c4)N=C3C)o2)ccc1Cl. The van der Waals surface area contributed by atoms with Crippen molar-refractivity contribution in [3.8, 4) is 11.3 Å². The molecular formula is C26H20Cl2N2O6. The number of nitrogens with zero attached hydrogens (tertiary/aromatic N) is 2. The van der Waals surface area contributed by atoms with E-state index in [2.05, 4.69) is 5.10 Å². The van der Waals surface area contributed by atoms with Crippen LogP contribution in [-0.4, -0.2) is 35.3 Å². The number of carboxylic acids is 1. The lowest BCUT2D eigenvalue weighted by Crippen LogP contribution is -2.21. The van der Waals surface area contributed by atoms with Gasteiger partial charge in [-0.05, 0) is 68.0 Å². The van der Waals surface area contributed by atoms with Gasteiger partial charge in [-0.3, -0.25) is 4.79 Å². The Morgan fingerprint density at radius 2 is 1.81 bits per heavy atom. The van der Waals surface area contributed by atoms with Gasteiger partial charge >= 0.3 is 11.9 Å². The van der Waals surface area contributed by atoms with Crippen molar-refractivity contribution in [2.24, 2.45) is 5.10 Å². The number of amides is 1. The third-order valence-corrected chi connectivity index (χ3v) is 5.97. The van der Waals surface area contributed by atoms with Gasteiger partial charge < -0.3 is 14.3 Å². The molecule has 2 heterocycles. The van der Waals surface area contributed by atoms with Crippen molar-refractivity contribution in [2.75, 3.05) is 11.6 Å². The number of anilines is 1. The van der Waals surface area contributed by atoms with E-state index in [0.29, 0.717) is 29.2 Å². The molecule has 3 aromatic rings. The summed E-state index contributed by atoms with van der Waals surface area (Å²) in [7, 11) is 0. The van der Waals surface area contributed by atoms with E-state index in [0.717, 1.165) is 5.01 Å². The molecule has 10 heteroatoms. The molecule has 8 nitrogen and oxygen atoms in total. The normalized spacial score (nSPS) is 14.3. The molecule has 0 unspecified atom stereocenters. The number of carbonyl (C=O) groups excluding carboxylic acids is 2. The highest BCUT2D eigenvalue weighted by molar-refractivity contribution is 6.35. The fourth-order valence-electron chi connectivity index (χ4n) is 3.50. The lowest BCUT2D eigenvalue weighted by Gasteiger charge is -2.12. The number of hydrogen-bond donors (Lipinski definition) is 1. The number of benzene rings is 2. The van der Waals surface area contributed by atoms with Gasteiger partial charge in [0.15, 0.2) is 0 Å². The summed E-state index contributed by atoms with van der Waals surface area (Å²) in [5, 5.41) is 15.0. The standard InChI is InChI=1S/C26H20Cl2N2O6/c1-3-10-35-26(34)20-11-15(4-7-22(20)28)23-9-6-17(36-23)13-18-14(2)29-30(24(18)31)16-5-8-21(27)19(12-16)25(32)33/h4-9,11-13H,3,10H2,1-2H3,(H,32,33)/b18-13-. The van der Waals surface area contributed by atoms with E-state index >= 15 is 0 Å². The maximum Gasteiger partial charge on any atom is 0.339 e. The minimum absolute atomic E-state index is 0.0569. The Kier molecular flexibility index (Phi) is 7.28. The largest absolute Gasteiger partial charge is 0.478 e. The van der Waals surface area contributed by atoms with Crippen molar-refractivity contribution in [1.29, 1.82) is 0 Å². The molecule has 2 aromatic carbocycles. The maximum absolute atomic E-state index is 13.1. The molecule has 0 saturated carbocycles. The molecule has 1 N–H and O–H groups in total. The van der Waals surface area contributed by atoms with Crippen LogP contribution in [0.4, 0.5) is 5.69 Å². The molecule has 0 atom stereocenters. The van der Waals surface area contributed by atoms with E-state index in [-0.39, 0.29) is 39.0 Å². The summed E-state index contributed by atoms with van der Waals surface area (Å²) in [6.07, 6.45) is 2.24. The summed E-state index contributed by atoms with van der Waals surface area (Å²) in [6.45, 7) is 3.85. The van der Waals surface area contributed by atoms with Crippen molar-refractivity contribution in [3.05, 3.63) is 81.0 Å². The zero-order valence-corrected chi connectivity index (χ0v) is 20.8. The third kappa shape index (κ3) is 5.05. The van der Waals surface area contributed by atoms with Gasteiger partial charge in [-0.1, -0.05) is 30.1 Å². The molecule has 184 valence electrons. The second kappa shape index (κ2) is 10.4. The molecular weight excluding hydrogens is 507 g/mol. The summed E-state index contributed by atoms with van der Waals surface area (Å²) >= 11 is 12.1. The third-order valence-electron chi connectivity index (χ3n) is 5.31. The summed E-state index contributed by atoms with van der Waals surface area (Å²) in [5.41, 5.74) is 1.68. The van der Waals surface area contributed by atoms with Crippen LogP contribution in [0.25, 0.3) is 17.4 Å². The van der Waals surface area contributed by atoms with Crippen LogP contribution < -0.4 is 5.01 Å². The zero-order valence-electron chi connectivity index (χ0n) is 19.2. The van der Waals surface area contributed by atoms with Crippen molar-refractivity contribution in [1.82, 2.24) is 0 Å².